The molecule has 1 aliphatic rings. The monoisotopic (exact) mass is 656 g/mol. The van der Waals surface area contributed by atoms with Crippen LogP contribution in [-0.2, 0) is 45.9 Å². The molecule has 41 heavy (non-hydrogen) atoms. The summed E-state index contributed by atoms with van der Waals surface area (Å²) in [5.74, 6) is 1.26. The summed E-state index contributed by atoms with van der Waals surface area (Å²) in [5, 5.41) is 0. The summed E-state index contributed by atoms with van der Waals surface area (Å²) >= 11 is 0. The van der Waals surface area contributed by atoms with Gasteiger partial charge in [-0.25, -0.2) is 0 Å². The van der Waals surface area contributed by atoms with Crippen LogP contribution in [0.15, 0.2) is 11.9 Å². The van der Waals surface area contributed by atoms with Gasteiger partial charge in [0.1, 0.15) is 24.4 Å². The van der Waals surface area contributed by atoms with Gasteiger partial charge in [0.2, 0.25) is 0 Å². The van der Waals surface area contributed by atoms with E-state index in [4.69, 9.17) is 36.5 Å². The minimum atomic E-state index is -3.48. The summed E-state index contributed by atoms with van der Waals surface area (Å²) in [7, 11) is -8.37. The van der Waals surface area contributed by atoms with Gasteiger partial charge in [-0.15, -0.1) is 0 Å². The van der Waals surface area contributed by atoms with Crippen LogP contribution >= 0.6 is 7.60 Å². The number of methoxy groups -OCH3 is 1. The van der Waals surface area contributed by atoms with E-state index in [1.165, 1.54) is 12.9 Å². The minimum Gasteiger partial charge on any atom is -0.469 e. The lowest BCUT2D eigenvalue weighted by Gasteiger charge is -2.50. The fourth-order valence-electron chi connectivity index (χ4n) is 4.27. The Kier molecular flexibility index (Phi) is 16.4. The second-order valence-electron chi connectivity index (χ2n) is 13.0. The van der Waals surface area contributed by atoms with Gasteiger partial charge in [0.05, 0.1) is 20.3 Å². The van der Waals surface area contributed by atoms with Gasteiger partial charge in [0.15, 0.2) is 31.2 Å². The molecule has 0 spiro atoms. The first-order chi connectivity index (χ1) is 18.8. The van der Waals surface area contributed by atoms with E-state index >= 15 is 0 Å². The van der Waals surface area contributed by atoms with Gasteiger partial charge < -0.3 is 36.5 Å². The molecule has 10 nitrogen and oxygen atoms in total. The van der Waals surface area contributed by atoms with Crippen LogP contribution in [-0.4, -0.2) is 88.6 Å². The Balaban J connectivity index is 3.43. The molecule has 0 aromatic rings. The molecule has 0 N–H and O–H groups in total. The lowest BCUT2D eigenvalue weighted by atomic mass is 9.99. The molecule has 1 aliphatic heterocycles. The van der Waals surface area contributed by atoms with Crippen molar-refractivity contribution in [2.75, 3.05) is 26.9 Å². The van der Waals surface area contributed by atoms with Crippen LogP contribution in [0.25, 0.3) is 0 Å². The molecule has 1 fully saturated rings. The fourth-order valence-corrected chi connectivity index (χ4v) is 8.84. The first kappa shape index (κ1) is 38.8. The predicted molar refractivity (Wildman–Crippen MR) is 170 cm³/mol. The van der Waals surface area contributed by atoms with E-state index in [0.29, 0.717) is 13.0 Å². The van der Waals surface area contributed by atoms with Gasteiger partial charge in [-0.2, -0.15) is 0 Å². The zero-order valence-corrected chi connectivity index (χ0v) is 31.4. The van der Waals surface area contributed by atoms with E-state index in [0.717, 1.165) is 19.3 Å². The molecule has 1 heterocycles. The molecule has 14 heteroatoms. The number of carbonyl (C=O) groups is 1. The van der Waals surface area contributed by atoms with E-state index in [1.807, 2.05) is 0 Å². The number of rotatable bonds is 19. The molecular weight excluding hydrogens is 600 g/mol. The molecule has 0 aromatic heterocycles. The SMILES string of the molecule is CCOP(=O)(/C=C/[C@H]1O[C@H](OCCCCCC(=O)OC)[C@@H](O[Si](C)(C)C)[C@@H](O[Si](C)(C)C)[C@@H]1O[Si](C)(C)C)OCC. The van der Waals surface area contributed by atoms with Gasteiger partial charge in [-0.3, -0.25) is 9.36 Å². The van der Waals surface area contributed by atoms with Crippen molar-refractivity contribution in [2.24, 2.45) is 0 Å². The Morgan fingerprint density at radius 2 is 1.29 bits per heavy atom. The van der Waals surface area contributed by atoms with Gasteiger partial charge >= 0.3 is 13.6 Å². The molecule has 5 atom stereocenters. The molecule has 0 radical (unpaired) electrons. The smallest absolute Gasteiger partial charge is 0.353 e. The largest absolute Gasteiger partial charge is 0.469 e. The van der Waals surface area contributed by atoms with Crippen molar-refractivity contribution in [3.8, 4) is 0 Å². The summed E-state index contributed by atoms with van der Waals surface area (Å²) in [6, 6.07) is 0. The van der Waals surface area contributed by atoms with Crippen LogP contribution in [0, 0.1) is 0 Å². The maximum Gasteiger partial charge on any atom is 0.353 e. The summed E-state index contributed by atoms with van der Waals surface area (Å²) in [6.45, 7) is 23.6. The van der Waals surface area contributed by atoms with Crippen molar-refractivity contribution in [1.82, 2.24) is 0 Å². The zero-order chi connectivity index (χ0) is 31.5. The second-order valence-corrected chi connectivity index (χ2v) is 28.3. The average molecular weight is 657 g/mol. The van der Waals surface area contributed by atoms with E-state index in [1.54, 1.807) is 19.9 Å². The molecular formula is C27H57O10PSi3. The maximum atomic E-state index is 13.3. The van der Waals surface area contributed by atoms with Crippen LogP contribution < -0.4 is 0 Å². The average Bonchev–Trinajstić information content (AvgIpc) is 2.81. The van der Waals surface area contributed by atoms with Crippen molar-refractivity contribution in [1.29, 1.82) is 0 Å². The molecule has 0 saturated carbocycles. The van der Waals surface area contributed by atoms with Crippen molar-refractivity contribution >= 4 is 38.5 Å². The van der Waals surface area contributed by atoms with E-state index < -0.39 is 63.3 Å². The molecule has 0 amide bonds. The quantitative estimate of drug-likeness (QED) is 0.0630. The molecule has 0 bridgehead atoms. The number of unbranched alkanes of at least 4 members (excludes halogenated alkanes) is 2. The first-order valence-electron chi connectivity index (χ1n) is 14.8. The predicted octanol–water partition coefficient (Wildman–Crippen LogP) is 6.90. The van der Waals surface area contributed by atoms with Gasteiger partial charge in [-0.05, 0) is 91.7 Å². The van der Waals surface area contributed by atoms with Crippen molar-refractivity contribution in [3.05, 3.63) is 11.9 Å². The number of hydrogen-bond acceptors (Lipinski definition) is 10. The summed E-state index contributed by atoms with van der Waals surface area (Å²) in [5.41, 5.74) is 0. The van der Waals surface area contributed by atoms with E-state index in [9.17, 15) is 9.36 Å². The fraction of sp³-hybridized carbons (Fsp3) is 0.889. The molecule has 1 rings (SSSR count). The number of hydrogen-bond donors (Lipinski definition) is 0. The Morgan fingerprint density at radius 3 is 1.78 bits per heavy atom. The number of esters is 1. The van der Waals surface area contributed by atoms with E-state index in [-0.39, 0.29) is 19.2 Å². The van der Waals surface area contributed by atoms with Crippen LogP contribution in [0.3, 0.4) is 0 Å². The van der Waals surface area contributed by atoms with Gasteiger partial charge in [0, 0.05) is 18.8 Å². The molecule has 1 saturated heterocycles. The van der Waals surface area contributed by atoms with Crippen LogP contribution in [0.2, 0.25) is 58.9 Å². The topological polar surface area (TPSA) is 108 Å². The summed E-state index contributed by atoms with van der Waals surface area (Å²) < 4.78 is 62.2. The molecule has 242 valence electrons. The van der Waals surface area contributed by atoms with Crippen LogP contribution in [0.5, 0.6) is 0 Å². The number of carbonyl (C=O) groups excluding carboxylic acids is 1. The second kappa shape index (κ2) is 17.3. The van der Waals surface area contributed by atoms with Gasteiger partial charge in [0.25, 0.3) is 0 Å². The summed E-state index contributed by atoms with van der Waals surface area (Å²) in [6.07, 6.45) is 1.51. The zero-order valence-electron chi connectivity index (χ0n) is 27.5. The lowest BCUT2D eigenvalue weighted by molar-refractivity contribution is -0.277. The highest BCUT2D eigenvalue weighted by Gasteiger charge is 2.51. The standard InChI is InChI=1S/C27H57O10PSi3/c1-13-32-38(29,33-14-2)21-19-22-24(35-39(4,5)6)25(36-40(7,8)9)26(37-41(10,11)12)27(34-22)31-20-17-15-16-18-23(28)30-3/h19,21-22,24-27H,13-18,20H2,1-12H3/b21-19+/t22-,24-,25+,26+,27+/m1/s1. The molecule has 0 unspecified atom stereocenters. The highest BCUT2D eigenvalue weighted by Crippen LogP contribution is 2.50. The lowest BCUT2D eigenvalue weighted by Crippen LogP contribution is -2.65. The number of ether oxygens (including phenoxy) is 3. The first-order valence-corrected chi connectivity index (χ1v) is 26.6. The van der Waals surface area contributed by atoms with Crippen molar-refractivity contribution in [3.63, 3.8) is 0 Å². The van der Waals surface area contributed by atoms with Crippen molar-refractivity contribution in [2.45, 2.75) is 129 Å². The third kappa shape index (κ3) is 15.9. The molecule has 0 aliphatic carbocycles. The van der Waals surface area contributed by atoms with Crippen molar-refractivity contribution < 1.29 is 45.9 Å². The van der Waals surface area contributed by atoms with Crippen LogP contribution in [0.1, 0.15) is 39.5 Å². The third-order valence-electron chi connectivity index (χ3n) is 5.61. The highest BCUT2D eigenvalue weighted by atomic mass is 31.2. The van der Waals surface area contributed by atoms with Crippen LogP contribution in [0.4, 0.5) is 0 Å². The third-order valence-corrected chi connectivity index (χ3v) is 10.3. The Bertz CT molecular complexity index is 844. The summed E-state index contributed by atoms with van der Waals surface area (Å²) in [4.78, 5) is 11.4. The Labute approximate surface area is 252 Å². The normalized spacial score (nSPS) is 24.6. The highest BCUT2D eigenvalue weighted by molar-refractivity contribution is 7.57. The van der Waals surface area contributed by atoms with E-state index in [2.05, 4.69) is 58.9 Å². The van der Waals surface area contributed by atoms with Gasteiger partial charge in [-0.1, -0.05) is 6.42 Å². The maximum absolute atomic E-state index is 13.3. The Morgan fingerprint density at radius 1 is 0.780 bits per heavy atom. The minimum absolute atomic E-state index is 0.212. The Hall–Kier alpha value is -0.189. The molecule has 0 aromatic carbocycles.